The van der Waals surface area contributed by atoms with Crippen molar-refractivity contribution in [2.24, 2.45) is 0 Å². The van der Waals surface area contributed by atoms with E-state index in [1.165, 1.54) is 5.56 Å². The average Bonchev–Trinajstić information content (AvgIpc) is 2.85. The van der Waals surface area contributed by atoms with E-state index in [4.69, 9.17) is 4.42 Å². The molecule has 0 spiro atoms. The molecule has 0 saturated heterocycles. The summed E-state index contributed by atoms with van der Waals surface area (Å²) in [5.41, 5.74) is 4.72. The van der Waals surface area contributed by atoms with Crippen molar-refractivity contribution in [2.45, 2.75) is 34.1 Å². The van der Waals surface area contributed by atoms with Gasteiger partial charge in [-0.3, -0.25) is 9.89 Å². The van der Waals surface area contributed by atoms with Gasteiger partial charge in [0.1, 0.15) is 5.76 Å². The van der Waals surface area contributed by atoms with E-state index in [0.29, 0.717) is 17.9 Å². The molecule has 0 atom stereocenters. The third-order valence-electron chi connectivity index (χ3n) is 3.33. The molecule has 0 aromatic carbocycles. The van der Waals surface area contributed by atoms with Gasteiger partial charge in [0.2, 0.25) is 0 Å². The van der Waals surface area contributed by atoms with Crippen molar-refractivity contribution in [1.29, 1.82) is 0 Å². The first kappa shape index (κ1) is 13.4. The number of aryl methyl sites for hydroxylation is 4. The van der Waals surface area contributed by atoms with E-state index in [-0.39, 0.29) is 5.91 Å². The van der Waals surface area contributed by atoms with Crippen LogP contribution in [0.3, 0.4) is 0 Å². The summed E-state index contributed by atoms with van der Waals surface area (Å²) in [6, 6.07) is 0. The summed E-state index contributed by atoms with van der Waals surface area (Å²) in [6.45, 7) is 8.21. The zero-order valence-corrected chi connectivity index (χ0v) is 11.8. The van der Waals surface area contributed by atoms with Crippen molar-refractivity contribution in [2.75, 3.05) is 6.54 Å². The van der Waals surface area contributed by atoms with Gasteiger partial charge in [-0.2, -0.15) is 5.10 Å². The van der Waals surface area contributed by atoms with Gasteiger partial charge in [0.05, 0.1) is 17.5 Å². The summed E-state index contributed by atoms with van der Waals surface area (Å²) in [7, 11) is 0. The van der Waals surface area contributed by atoms with Crippen LogP contribution in [0.15, 0.2) is 10.7 Å². The van der Waals surface area contributed by atoms with Gasteiger partial charge < -0.3 is 9.73 Å². The maximum absolute atomic E-state index is 12.1. The first-order valence-electron chi connectivity index (χ1n) is 6.34. The number of aromatic nitrogens is 2. The molecule has 0 radical (unpaired) electrons. The van der Waals surface area contributed by atoms with Crippen molar-refractivity contribution >= 4 is 5.91 Å². The van der Waals surface area contributed by atoms with Gasteiger partial charge in [0.25, 0.3) is 5.91 Å². The second-order valence-electron chi connectivity index (χ2n) is 4.77. The predicted molar refractivity (Wildman–Crippen MR) is 72.3 cm³/mol. The number of nitrogens with zero attached hydrogens (tertiary/aromatic N) is 1. The number of amides is 1. The Morgan fingerprint density at radius 1 is 1.37 bits per heavy atom. The van der Waals surface area contributed by atoms with Gasteiger partial charge in [-0.25, -0.2) is 0 Å². The van der Waals surface area contributed by atoms with Gasteiger partial charge in [-0.05, 0) is 39.7 Å². The normalized spacial score (nSPS) is 10.7. The van der Waals surface area contributed by atoms with E-state index in [1.54, 1.807) is 13.2 Å². The lowest BCUT2D eigenvalue weighted by atomic mass is 10.1. The number of rotatable bonds is 4. The van der Waals surface area contributed by atoms with Crippen LogP contribution in [0.4, 0.5) is 0 Å². The molecule has 0 aliphatic carbocycles. The van der Waals surface area contributed by atoms with Crippen LogP contribution in [0.1, 0.15) is 38.6 Å². The number of furan rings is 1. The summed E-state index contributed by atoms with van der Waals surface area (Å²) in [5.74, 6) is 0.577. The lowest BCUT2D eigenvalue weighted by molar-refractivity contribution is 0.0952. The Hall–Kier alpha value is -2.04. The summed E-state index contributed by atoms with van der Waals surface area (Å²) in [5, 5.41) is 10.0. The molecular formula is C14H19N3O2. The minimum absolute atomic E-state index is 0.0810. The zero-order valence-electron chi connectivity index (χ0n) is 11.8. The molecule has 0 bridgehead atoms. The Morgan fingerprint density at radius 3 is 2.63 bits per heavy atom. The van der Waals surface area contributed by atoms with Crippen LogP contribution in [-0.4, -0.2) is 22.6 Å². The van der Waals surface area contributed by atoms with Gasteiger partial charge in [0, 0.05) is 17.8 Å². The topological polar surface area (TPSA) is 70.9 Å². The van der Waals surface area contributed by atoms with E-state index in [2.05, 4.69) is 15.5 Å². The molecular weight excluding hydrogens is 242 g/mol. The van der Waals surface area contributed by atoms with Crippen molar-refractivity contribution < 1.29 is 9.21 Å². The van der Waals surface area contributed by atoms with Crippen LogP contribution in [0.2, 0.25) is 0 Å². The molecule has 0 unspecified atom stereocenters. The van der Waals surface area contributed by atoms with E-state index in [0.717, 1.165) is 23.4 Å². The number of hydrogen-bond acceptors (Lipinski definition) is 3. The van der Waals surface area contributed by atoms with E-state index >= 15 is 0 Å². The van der Waals surface area contributed by atoms with Crippen LogP contribution in [0, 0.1) is 27.7 Å². The molecule has 1 amide bonds. The van der Waals surface area contributed by atoms with Gasteiger partial charge in [0.15, 0.2) is 0 Å². The van der Waals surface area contributed by atoms with E-state index in [9.17, 15) is 4.79 Å². The second kappa shape index (κ2) is 5.30. The fourth-order valence-corrected chi connectivity index (χ4v) is 2.24. The number of carbonyl (C=O) groups excluding carboxylic acids is 1. The average molecular weight is 261 g/mol. The standard InChI is InChI=1S/C14H19N3O2/c1-8-7-19-11(4)13(8)14(18)15-6-5-12-9(2)16-17-10(12)3/h7H,5-6H2,1-4H3,(H,15,18)(H,16,17). The maximum atomic E-state index is 12.1. The summed E-state index contributed by atoms with van der Waals surface area (Å²) >= 11 is 0. The van der Waals surface area contributed by atoms with Crippen LogP contribution < -0.4 is 5.32 Å². The van der Waals surface area contributed by atoms with Crippen LogP contribution in [0.5, 0.6) is 0 Å². The maximum Gasteiger partial charge on any atom is 0.255 e. The van der Waals surface area contributed by atoms with Crippen molar-refractivity contribution in [1.82, 2.24) is 15.5 Å². The fourth-order valence-electron chi connectivity index (χ4n) is 2.24. The fraction of sp³-hybridized carbons (Fsp3) is 0.429. The Morgan fingerprint density at radius 2 is 2.11 bits per heavy atom. The molecule has 5 heteroatoms. The first-order valence-corrected chi connectivity index (χ1v) is 6.34. The lowest BCUT2D eigenvalue weighted by Gasteiger charge is -2.05. The molecule has 102 valence electrons. The van der Waals surface area contributed by atoms with E-state index < -0.39 is 0 Å². The largest absolute Gasteiger partial charge is 0.469 e. The highest BCUT2D eigenvalue weighted by Crippen LogP contribution is 2.15. The molecule has 0 fully saturated rings. The molecule has 2 rings (SSSR count). The molecule has 2 aromatic rings. The molecule has 0 aliphatic rings. The third-order valence-corrected chi connectivity index (χ3v) is 3.33. The Kier molecular flexibility index (Phi) is 3.74. The highest BCUT2D eigenvalue weighted by Gasteiger charge is 2.15. The highest BCUT2D eigenvalue weighted by atomic mass is 16.3. The number of H-pyrrole nitrogens is 1. The van der Waals surface area contributed by atoms with Gasteiger partial charge in [-0.1, -0.05) is 0 Å². The van der Waals surface area contributed by atoms with Crippen molar-refractivity contribution in [3.05, 3.63) is 40.1 Å². The van der Waals surface area contributed by atoms with Crippen LogP contribution in [0.25, 0.3) is 0 Å². The Labute approximate surface area is 112 Å². The summed E-state index contributed by atoms with van der Waals surface area (Å²) in [4.78, 5) is 12.1. The second-order valence-corrected chi connectivity index (χ2v) is 4.77. The number of nitrogens with one attached hydrogen (secondary N) is 2. The number of aromatic amines is 1. The van der Waals surface area contributed by atoms with E-state index in [1.807, 2.05) is 20.8 Å². The first-order chi connectivity index (χ1) is 9.00. The third kappa shape index (κ3) is 2.70. The Bertz CT molecular complexity index is 557. The number of hydrogen-bond donors (Lipinski definition) is 2. The molecule has 2 N–H and O–H groups in total. The van der Waals surface area contributed by atoms with Crippen molar-refractivity contribution in [3.63, 3.8) is 0 Å². The minimum Gasteiger partial charge on any atom is -0.469 e. The molecule has 5 nitrogen and oxygen atoms in total. The molecule has 19 heavy (non-hydrogen) atoms. The monoisotopic (exact) mass is 261 g/mol. The van der Waals surface area contributed by atoms with Crippen molar-refractivity contribution in [3.8, 4) is 0 Å². The van der Waals surface area contributed by atoms with Crippen LogP contribution in [-0.2, 0) is 6.42 Å². The SMILES string of the molecule is Cc1coc(C)c1C(=O)NCCc1c(C)n[nH]c1C. The molecule has 0 aliphatic heterocycles. The van der Waals surface area contributed by atoms with Crippen LogP contribution >= 0.6 is 0 Å². The number of carbonyl (C=O) groups is 1. The summed E-state index contributed by atoms with van der Waals surface area (Å²) in [6.07, 6.45) is 2.38. The Balaban J connectivity index is 1.95. The zero-order chi connectivity index (χ0) is 14.0. The lowest BCUT2D eigenvalue weighted by Crippen LogP contribution is -2.26. The quantitative estimate of drug-likeness (QED) is 0.886. The smallest absolute Gasteiger partial charge is 0.255 e. The summed E-state index contributed by atoms with van der Waals surface area (Å²) < 4.78 is 5.23. The van der Waals surface area contributed by atoms with Gasteiger partial charge >= 0.3 is 0 Å². The molecule has 2 aromatic heterocycles. The highest BCUT2D eigenvalue weighted by molar-refractivity contribution is 5.96. The molecule has 2 heterocycles. The molecule has 0 saturated carbocycles. The van der Waals surface area contributed by atoms with Gasteiger partial charge in [-0.15, -0.1) is 0 Å². The predicted octanol–water partition coefficient (Wildman–Crippen LogP) is 2.21. The minimum atomic E-state index is -0.0810.